The Kier molecular flexibility index (Phi) is 5.15. The Labute approximate surface area is 216 Å². The van der Waals surface area contributed by atoms with Crippen LogP contribution in [0.2, 0.25) is 0 Å². The van der Waals surface area contributed by atoms with Crippen LogP contribution in [0.25, 0.3) is 43.1 Å². The average Bonchev–Trinajstić information content (AvgIpc) is 2.94. The zero-order chi connectivity index (χ0) is 24.8. The Morgan fingerprint density at radius 1 is 0.378 bits per heavy atom. The van der Waals surface area contributed by atoms with Gasteiger partial charge in [-0.2, -0.15) is 0 Å². The van der Waals surface area contributed by atoms with E-state index in [0.29, 0.717) is 18.6 Å². The number of hydrogen-bond acceptors (Lipinski definition) is 1. The molecule has 7 rings (SSSR count). The Bertz CT molecular complexity index is 1700. The first-order chi connectivity index (χ1) is 18.3. The summed E-state index contributed by atoms with van der Waals surface area (Å²) in [6, 6.07) is 45.0. The van der Waals surface area contributed by atoms with Gasteiger partial charge >= 0.3 is 0 Å². The van der Waals surface area contributed by atoms with Gasteiger partial charge in [0.25, 0.3) is 0 Å². The molecule has 0 atom stereocenters. The van der Waals surface area contributed by atoms with Crippen molar-refractivity contribution in [3.05, 3.63) is 150 Å². The minimum absolute atomic E-state index is 0.400. The van der Waals surface area contributed by atoms with Gasteiger partial charge in [-0.15, -0.1) is 0 Å². The number of rotatable bonds is 4. The minimum atomic E-state index is 0.400. The van der Waals surface area contributed by atoms with Gasteiger partial charge in [-0.05, 0) is 77.5 Å². The molecule has 0 saturated carbocycles. The summed E-state index contributed by atoms with van der Waals surface area (Å²) >= 11 is 0. The van der Waals surface area contributed by atoms with Gasteiger partial charge < -0.3 is 5.11 Å². The number of fused-ring (bicyclic) bond motifs is 4. The summed E-state index contributed by atoms with van der Waals surface area (Å²) in [5.74, 6) is 0.400. The molecule has 1 heteroatoms. The van der Waals surface area contributed by atoms with Gasteiger partial charge in [0.2, 0.25) is 0 Å². The largest absolute Gasteiger partial charge is 0.507 e. The summed E-state index contributed by atoms with van der Waals surface area (Å²) in [5, 5.41) is 21.5. The molecule has 0 aliphatic heterocycles. The fourth-order valence-corrected chi connectivity index (χ4v) is 5.91. The molecular formula is C36H26O. The van der Waals surface area contributed by atoms with Crippen molar-refractivity contribution in [1.29, 1.82) is 0 Å². The van der Waals surface area contributed by atoms with E-state index in [0.717, 1.165) is 11.1 Å². The molecule has 0 bridgehead atoms. The second kappa shape index (κ2) is 8.80. The van der Waals surface area contributed by atoms with Crippen molar-refractivity contribution in [2.75, 3.05) is 0 Å². The number of phenols is 1. The lowest BCUT2D eigenvalue weighted by molar-refractivity contribution is 0.464. The van der Waals surface area contributed by atoms with Crippen LogP contribution in [0.3, 0.4) is 0 Å². The predicted molar refractivity (Wildman–Crippen MR) is 157 cm³/mol. The van der Waals surface area contributed by atoms with E-state index in [2.05, 4.69) is 127 Å². The fourth-order valence-electron chi connectivity index (χ4n) is 5.91. The number of benzene rings is 7. The molecule has 7 aromatic carbocycles. The summed E-state index contributed by atoms with van der Waals surface area (Å²) in [6.45, 7) is 0. The highest BCUT2D eigenvalue weighted by atomic mass is 16.3. The molecule has 37 heavy (non-hydrogen) atoms. The van der Waals surface area contributed by atoms with E-state index in [-0.39, 0.29) is 0 Å². The lowest BCUT2D eigenvalue weighted by Crippen LogP contribution is -1.97. The van der Waals surface area contributed by atoms with E-state index in [1.165, 1.54) is 54.2 Å². The van der Waals surface area contributed by atoms with Gasteiger partial charge in [0, 0.05) is 12.8 Å². The molecular weight excluding hydrogens is 448 g/mol. The van der Waals surface area contributed by atoms with E-state index in [4.69, 9.17) is 0 Å². The standard InChI is InChI=1S/C36H26O/c37-36-28(22-34-30-16-5-1-10-24(30)20-25-11-2-6-17-31(25)34)14-9-15-29(36)23-35-32-18-7-3-12-26(32)21-27-13-4-8-19-33(27)35/h1-21,37H,22-23H2. The maximum Gasteiger partial charge on any atom is 0.122 e. The lowest BCUT2D eigenvalue weighted by Gasteiger charge is -2.16. The van der Waals surface area contributed by atoms with Gasteiger partial charge in [-0.25, -0.2) is 0 Å². The van der Waals surface area contributed by atoms with Crippen molar-refractivity contribution in [2.45, 2.75) is 12.8 Å². The zero-order valence-electron chi connectivity index (χ0n) is 20.5. The van der Waals surface area contributed by atoms with E-state index in [1.807, 2.05) is 0 Å². The molecule has 7 aromatic rings. The molecule has 176 valence electrons. The van der Waals surface area contributed by atoms with E-state index in [9.17, 15) is 5.11 Å². The second-order valence-electron chi connectivity index (χ2n) is 9.87. The normalized spacial score (nSPS) is 11.6. The van der Waals surface area contributed by atoms with Crippen LogP contribution >= 0.6 is 0 Å². The molecule has 0 aromatic heterocycles. The molecule has 0 spiro atoms. The van der Waals surface area contributed by atoms with Crippen LogP contribution in [0.5, 0.6) is 5.75 Å². The predicted octanol–water partition coefficient (Wildman–Crippen LogP) is 9.19. The van der Waals surface area contributed by atoms with Crippen LogP contribution < -0.4 is 0 Å². The Hall–Kier alpha value is -4.62. The highest BCUT2D eigenvalue weighted by molar-refractivity contribution is 6.03. The molecule has 0 aliphatic carbocycles. The molecule has 0 unspecified atom stereocenters. The Morgan fingerprint density at radius 3 is 1.05 bits per heavy atom. The van der Waals surface area contributed by atoms with E-state index >= 15 is 0 Å². The van der Waals surface area contributed by atoms with Crippen molar-refractivity contribution >= 4 is 43.1 Å². The third kappa shape index (κ3) is 3.72. The van der Waals surface area contributed by atoms with Crippen LogP contribution in [-0.2, 0) is 12.8 Å². The summed E-state index contributed by atoms with van der Waals surface area (Å²) < 4.78 is 0. The van der Waals surface area contributed by atoms with Crippen LogP contribution in [-0.4, -0.2) is 5.11 Å². The van der Waals surface area contributed by atoms with Crippen LogP contribution in [0.4, 0.5) is 0 Å². The molecule has 1 nitrogen and oxygen atoms in total. The second-order valence-corrected chi connectivity index (χ2v) is 9.87. The Balaban J connectivity index is 1.37. The maximum absolute atomic E-state index is 11.6. The molecule has 1 N–H and O–H groups in total. The first-order valence-corrected chi connectivity index (χ1v) is 12.8. The van der Waals surface area contributed by atoms with Crippen molar-refractivity contribution in [2.24, 2.45) is 0 Å². The first kappa shape index (κ1) is 21.6. The van der Waals surface area contributed by atoms with Gasteiger partial charge in [0.05, 0.1) is 0 Å². The number of phenolic OH excluding ortho intramolecular Hbond substituents is 1. The summed E-state index contributed by atoms with van der Waals surface area (Å²) in [6.07, 6.45) is 1.36. The highest BCUT2D eigenvalue weighted by Crippen LogP contribution is 2.36. The average molecular weight is 475 g/mol. The summed E-state index contributed by atoms with van der Waals surface area (Å²) in [5.41, 5.74) is 4.45. The number of hydrogen-bond donors (Lipinski definition) is 1. The van der Waals surface area contributed by atoms with Crippen molar-refractivity contribution in [1.82, 2.24) is 0 Å². The van der Waals surface area contributed by atoms with E-state index in [1.54, 1.807) is 0 Å². The number of aromatic hydroxyl groups is 1. The molecule has 0 fully saturated rings. The smallest absolute Gasteiger partial charge is 0.122 e. The monoisotopic (exact) mass is 474 g/mol. The van der Waals surface area contributed by atoms with Gasteiger partial charge in [-0.3, -0.25) is 0 Å². The summed E-state index contributed by atoms with van der Waals surface area (Å²) in [4.78, 5) is 0. The SMILES string of the molecule is Oc1c(Cc2c3ccccc3cc3ccccc23)cccc1Cc1c2ccccc2cc2ccccc12. The molecule has 0 amide bonds. The van der Waals surface area contributed by atoms with Crippen LogP contribution in [0.15, 0.2) is 127 Å². The third-order valence-corrected chi connectivity index (χ3v) is 7.70. The van der Waals surface area contributed by atoms with Gasteiger partial charge in [0.15, 0.2) is 0 Å². The third-order valence-electron chi connectivity index (χ3n) is 7.70. The lowest BCUT2D eigenvalue weighted by atomic mass is 9.89. The molecule has 0 saturated heterocycles. The highest BCUT2D eigenvalue weighted by Gasteiger charge is 2.15. The Morgan fingerprint density at radius 2 is 0.703 bits per heavy atom. The van der Waals surface area contributed by atoms with E-state index < -0.39 is 0 Å². The molecule has 0 aliphatic rings. The quantitative estimate of drug-likeness (QED) is 0.252. The number of para-hydroxylation sites is 1. The van der Waals surface area contributed by atoms with Crippen molar-refractivity contribution in [3.63, 3.8) is 0 Å². The molecule has 0 radical (unpaired) electrons. The zero-order valence-corrected chi connectivity index (χ0v) is 20.5. The minimum Gasteiger partial charge on any atom is -0.507 e. The van der Waals surface area contributed by atoms with Gasteiger partial charge in [-0.1, -0.05) is 115 Å². The van der Waals surface area contributed by atoms with Crippen molar-refractivity contribution in [3.8, 4) is 5.75 Å². The maximum atomic E-state index is 11.6. The van der Waals surface area contributed by atoms with Crippen molar-refractivity contribution < 1.29 is 5.11 Å². The summed E-state index contributed by atoms with van der Waals surface area (Å²) in [7, 11) is 0. The fraction of sp³-hybridized carbons (Fsp3) is 0.0556. The topological polar surface area (TPSA) is 20.2 Å². The van der Waals surface area contributed by atoms with Gasteiger partial charge in [0.1, 0.15) is 5.75 Å². The van der Waals surface area contributed by atoms with Crippen LogP contribution in [0, 0.1) is 0 Å². The first-order valence-electron chi connectivity index (χ1n) is 12.8. The molecule has 0 heterocycles. The van der Waals surface area contributed by atoms with Crippen LogP contribution in [0.1, 0.15) is 22.3 Å².